The van der Waals surface area contributed by atoms with Gasteiger partial charge in [-0.1, -0.05) is 17.7 Å². The van der Waals surface area contributed by atoms with E-state index in [1.165, 1.54) is 0 Å². The van der Waals surface area contributed by atoms with Gasteiger partial charge in [-0.15, -0.1) is 0 Å². The number of amides is 2. The molecule has 0 atom stereocenters. The Labute approximate surface area is 161 Å². The summed E-state index contributed by atoms with van der Waals surface area (Å²) >= 11 is 0. The zero-order chi connectivity index (χ0) is 19.6. The van der Waals surface area contributed by atoms with Gasteiger partial charge in [-0.25, -0.2) is 0 Å². The summed E-state index contributed by atoms with van der Waals surface area (Å²) in [7, 11) is 3.99. The summed E-state index contributed by atoms with van der Waals surface area (Å²) in [6, 6.07) is 13.4. The van der Waals surface area contributed by atoms with Gasteiger partial charge in [-0.2, -0.15) is 0 Å². The second-order valence-electron chi connectivity index (χ2n) is 7.35. The number of aryl methyl sites for hydroxylation is 2. The molecule has 3 rings (SSSR count). The van der Waals surface area contributed by atoms with Crippen molar-refractivity contribution in [3.05, 3.63) is 64.7 Å². The lowest BCUT2D eigenvalue weighted by Gasteiger charge is -2.35. The van der Waals surface area contributed by atoms with Gasteiger partial charge in [-0.05, 0) is 49.7 Å². The van der Waals surface area contributed by atoms with E-state index in [9.17, 15) is 9.59 Å². The Morgan fingerprint density at radius 1 is 0.778 bits per heavy atom. The van der Waals surface area contributed by atoms with Crippen LogP contribution >= 0.6 is 0 Å². The predicted molar refractivity (Wildman–Crippen MR) is 108 cm³/mol. The van der Waals surface area contributed by atoms with Crippen molar-refractivity contribution in [3.63, 3.8) is 0 Å². The van der Waals surface area contributed by atoms with Crippen molar-refractivity contribution in [2.45, 2.75) is 13.8 Å². The van der Waals surface area contributed by atoms with Crippen LogP contribution in [-0.2, 0) is 0 Å². The number of hydrogen-bond donors (Lipinski definition) is 0. The number of rotatable bonds is 3. The number of anilines is 1. The van der Waals surface area contributed by atoms with Crippen LogP contribution in [0.1, 0.15) is 31.8 Å². The van der Waals surface area contributed by atoms with Gasteiger partial charge in [0.1, 0.15) is 0 Å². The molecule has 5 heteroatoms. The standard InChI is InChI=1S/C22H27N3O2/c1-16-5-7-18(8-6-16)21(26)24-11-13-25(14-12-24)22(27)19-9-10-20(23(3)4)17(2)15-19/h5-10,15H,11-14H2,1-4H3. The molecule has 5 nitrogen and oxygen atoms in total. The molecule has 27 heavy (non-hydrogen) atoms. The highest BCUT2D eigenvalue weighted by atomic mass is 16.2. The molecule has 1 aliphatic heterocycles. The Balaban J connectivity index is 1.63. The zero-order valence-electron chi connectivity index (χ0n) is 16.5. The summed E-state index contributed by atoms with van der Waals surface area (Å²) in [5.41, 5.74) is 4.74. The first-order valence-corrected chi connectivity index (χ1v) is 9.30. The lowest BCUT2D eigenvalue weighted by Crippen LogP contribution is -2.50. The molecule has 0 radical (unpaired) electrons. The van der Waals surface area contributed by atoms with Gasteiger partial charge >= 0.3 is 0 Å². The quantitative estimate of drug-likeness (QED) is 0.840. The number of carbonyl (C=O) groups is 2. The van der Waals surface area contributed by atoms with Gasteiger partial charge in [0.05, 0.1) is 0 Å². The van der Waals surface area contributed by atoms with Crippen LogP contribution in [0.3, 0.4) is 0 Å². The smallest absolute Gasteiger partial charge is 0.253 e. The molecule has 0 spiro atoms. The zero-order valence-corrected chi connectivity index (χ0v) is 16.5. The predicted octanol–water partition coefficient (Wildman–Crippen LogP) is 2.97. The first kappa shape index (κ1) is 19.0. The van der Waals surface area contributed by atoms with Gasteiger partial charge in [-0.3, -0.25) is 9.59 Å². The second kappa shape index (κ2) is 7.82. The van der Waals surface area contributed by atoms with E-state index in [2.05, 4.69) is 0 Å². The summed E-state index contributed by atoms with van der Waals surface area (Å²) in [5, 5.41) is 0. The molecule has 0 saturated carbocycles. The number of benzene rings is 2. The van der Waals surface area contributed by atoms with Crippen LogP contribution in [-0.4, -0.2) is 61.9 Å². The van der Waals surface area contributed by atoms with Crippen molar-refractivity contribution in [3.8, 4) is 0 Å². The minimum absolute atomic E-state index is 0.0332. The lowest BCUT2D eigenvalue weighted by molar-refractivity contribution is 0.0535. The summed E-state index contributed by atoms with van der Waals surface area (Å²) in [4.78, 5) is 31.2. The van der Waals surface area contributed by atoms with E-state index >= 15 is 0 Å². The van der Waals surface area contributed by atoms with Crippen molar-refractivity contribution in [1.29, 1.82) is 0 Å². The molecule has 2 aromatic rings. The second-order valence-corrected chi connectivity index (χ2v) is 7.35. The molecule has 0 aliphatic carbocycles. The highest BCUT2D eigenvalue weighted by Gasteiger charge is 2.25. The average Bonchev–Trinajstić information content (AvgIpc) is 2.67. The number of hydrogen-bond acceptors (Lipinski definition) is 3. The number of piperazine rings is 1. The maximum atomic E-state index is 12.8. The van der Waals surface area contributed by atoms with Crippen LogP contribution < -0.4 is 4.90 Å². The minimum Gasteiger partial charge on any atom is -0.377 e. The highest BCUT2D eigenvalue weighted by molar-refractivity contribution is 5.96. The van der Waals surface area contributed by atoms with Crippen molar-refractivity contribution < 1.29 is 9.59 Å². The Bertz CT molecular complexity index is 835. The maximum Gasteiger partial charge on any atom is 0.253 e. The van der Waals surface area contributed by atoms with Gasteiger partial charge < -0.3 is 14.7 Å². The number of carbonyl (C=O) groups excluding carboxylic acids is 2. The van der Waals surface area contributed by atoms with Crippen LogP contribution in [0.15, 0.2) is 42.5 Å². The Hall–Kier alpha value is -2.82. The SMILES string of the molecule is Cc1ccc(C(=O)N2CCN(C(=O)c3ccc(N(C)C)c(C)c3)CC2)cc1. The van der Waals surface area contributed by atoms with E-state index in [4.69, 9.17) is 0 Å². The topological polar surface area (TPSA) is 43.9 Å². The monoisotopic (exact) mass is 365 g/mol. The normalized spacial score (nSPS) is 14.2. The van der Waals surface area contributed by atoms with Crippen LogP contribution in [0.25, 0.3) is 0 Å². The Morgan fingerprint density at radius 3 is 1.74 bits per heavy atom. The molecule has 0 N–H and O–H groups in total. The van der Waals surface area contributed by atoms with Crippen molar-refractivity contribution in [2.75, 3.05) is 45.2 Å². The molecule has 1 heterocycles. The van der Waals surface area contributed by atoms with Gasteiger partial charge in [0.25, 0.3) is 11.8 Å². The summed E-state index contributed by atoms with van der Waals surface area (Å²) in [5.74, 6) is 0.0686. The third kappa shape index (κ3) is 4.13. The van der Waals surface area contributed by atoms with E-state index < -0.39 is 0 Å². The molecule has 0 unspecified atom stereocenters. The fourth-order valence-electron chi connectivity index (χ4n) is 3.46. The van der Waals surface area contributed by atoms with Crippen LogP contribution in [0, 0.1) is 13.8 Å². The minimum atomic E-state index is 0.0332. The molecule has 2 amide bonds. The first-order valence-electron chi connectivity index (χ1n) is 9.30. The molecule has 1 fully saturated rings. The fourth-order valence-corrected chi connectivity index (χ4v) is 3.46. The van der Waals surface area contributed by atoms with Gasteiger partial charge in [0.15, 0.2) is 0 Å². The van der Waals surface area contributed by atoms with Gasteiger partial charge in [0, 0.05) is 57.1 Å². The lowest BCUT2D eigenvalue weighted by atomic mass is 10.1. The van der Waals surface area contributed by atoms with Crippen LogP contribution in [0.5, 0.6) is 0 Å². The fraction of sp³-hybridized carbons (Fsp3) is 0.364. The van der Waals surface area contributed by atoms with Gasteiger partial charge in [0.2, 0.25) is 0 Å². The third-order valence-corrected chi connectivity index (χ3v) is 5.08. The van der Waals surface area contributed by atoms with Crippen LogP contribution in [0.2, 0.25) is 0 Å². The molecule has 1 saturated heterocycles. The largest absolute Gasteiger partial charge is 0.377 e. The summed E-state index contributed by atoms with van der Waals surface area (Å²) in [6.45, 7) is 6.27. The van der Waals surface area contributed by atoms with E-state index in [0.29, 0.717) is 37.3 Å². The van der Waals surface area contributed by atoms with E-state index in [-0.39, 0.29) is 11.8 Å². The van der Waals surface area contributed by atoms with Crippen molar-refractivity contribution in [1.82, 2.24) is 9.80 Å². The average molecular weight is 365 g/mol. The highest BCUT2D eigenvalue weighted by Crippen LogP contribution is 2.20. The van der Waals surface area contributed by atoms with E-state index in [1.54, 1.807) is 0 Å². The molecule has 0 bridgehead atoms. The molecule has 142 valence electrons. The van der Waals surface area contributed by atoms with Crippen LogP contribution in [0.4, 0.5) is 5.69 Å². The molecule has 1 aliphatic rings. The summed E-state index contributed by atoms with van der Waals surface area (Å²) in [6.07, 6.45) is 0. The van der Waals surface area contributed by atoms with E-state index in [1.807, 2.05) is 85.1 Å². The number of nitrogens with zero attached hydrogens (tertiary/aromatic N) is 3. The maximum absolute atomic E-state index is 12.8. The molecule has 0 aromatic heterocycles. The van der Waals surface area contributed by atoms with Crippen molar-refractivity contribution in [2.24, 2.45) is 0 Å². The van der Waals surface area contributed by atoms with Crippen molar-refractivity contribution >= 4 is 17.5 Å². The molecular weight excluding hydrogens is 338 g/mol. The molecule has 2 aromatic carbocycles. The first-order chi connectivity index (χ1) is 12.9. The third-order valence-electron chi connectivity index (χ3n) is 5.08. The van der Waals surface area contributed by atoms with E-state index in [0.717, 1.165) is 16.8 Å². The Morgan fingerprint density at radius 2 is 1.26 bits per heavy atom. The molecular formula is C22H27N3O2. The Kier molecular flexibility index (Phi) is 5.49. The summed E-state index contributed by atoms with van der Waals surface area (Å²) < 4.78 is 0.